The van der Waals surface area contributed by atoms with Crippen molar-refractivity contribution in [2.24, 2.45) is 0 Å². The fourth-order valence-electron chi connectivity index (χ4n) is 5.95. The van der Waals surface area contributed by atoms with E-state index in [4.69, 9.17) is 0 Å². The molecule has 1 saturated heterocycles. The van der Waals surface area contributed by atoms with Gasteiger partial charge in [0.15, 0.2) is 0 Å². The Bertz CT molecular complexity index is 1960. The van der Waals surface area contributed by atoms with E-state index >= 15 is 0 Å². The number of halogens is 1. The number of fused-ring (bicyclic) bond motifs is 7. The van der Waals surface area contributed by atoms with Gasteiger partial charge in [-0.25, -0.2) is 0 Å². The van der Waals surface area contributed by atoms with E-state index in [2.05, 4.69) is 123 Å². The molecule has 1 aliphatic rings. The average molecular weight is 608 g/mol. The second kappa shape index (κ2) is 8.40. The van der Waals surface area contributed by atoms with Crippen LogP contribution in [0.15, 0.2) is 109 Å². The molecular weight excluding hydrogens is 583 g/mol. The van der Waals surface area contributed by atoms with E-state index < -0.39 is 0 Å². The molecule has 1 fully saturated rings. The fourth-order valence-corrected chi connectivity index (χ4v) is 7.67. The quantitative estimate of drug-likeness (QED) is 0.145. The van der Waals surface area contributed by atoms with Crippen LogP contribution in [0.1, 0.15) is 10.8 Å². The van der Waals surface area contributed by atoms with Gasteiger partial charge in [-0.1, -0.05) is 6.07 Å². The SMILES string of the molecule is C[I-]c1ccc(-n2c3ccccc3c3c2ccc2c4cccc(C5CS5)c4n(-c4ccccc4)c23)cc1. The third-order valence-electron chi connectivity index (χ3n) is 7.61. The summed E-state index contributed by atoms with van der Waals surface area (Å²) in [6.07, 6.45) is 0. The Morgan fingerprint density at radius 2 is 1.32 bits per heavy atom. The van der Waals surface area contributed by atoms with Crippen LogP contribution in [0.25, 0.3) is 55.0 Å². The van der Waals surface area contributed by atoms with E-state index in [0.717, 1.165) is 0 Å². The zero-order valence-electron chi connectivity index (χ0n) is 20.4. The second-order valence-electron chi connectivity index (χ2n) is 9.61. The first-order valence-corrected chi connectivity index (χ1v) is 16.9. The van der Waals surface area contributed by atoms with Crippen molar-refractivity contribution >= 4 is 55.4 Å². The number of rotatable bonds is 4. The van der Waals surface area contributed by atoms with Crippen LogP contribution in [0.4, 0.5) is 0 Å². The molecule has 180 valence electrons. The zero-order chi connectivity index (χ0) is 24.5. The van der Waals surface area contributed by atoms with Crippen molar-refractivity contribution in [2.75, 3.05) is 10.7 Å². The number of thioether (sulfide) groups is 1. The number of aromatic nitrogens is 2. The normalized spacial score (nSPS) is 15.4. The molecule has 1 aliphatic heterocycles. The molecule has 7 aromatic rings. The van der Waals surface area contributed by atoms with E-state index in [0.29, 0.717) is 5.25 Å². The molecule has 3 heterocycles. The summed E-state index contributed by atoms with van der Waals surface area (Å²) in [6.45, 7) is 0. The second-order valence-corrected chi connectivity index (χ2v) is 13.2. The van der Waals surface area contributed by atoms with Crippen LogP contribution < -0.4 is 21.2 Å². The summed E-state index contributed by atoms with van der Waals surface area (Å²) in [5.41, 5.74) is 9.09. The molecule has 4 heteroatoms. The monoisotopic (exact) mass is 607 g/mol. The Kier molecular flexibility index (Phi) is 4.96. The first-order valence-electron chi connectivity index (χ1n) is 12.6. The molecule has 1 atom stereocenters. The van der Waals surface area contributed by atoms with Gasteiger partial charge in [-0.15, -0.1) is 0 Å². The molecule has 2 nitrogen and oxygen atoms in total. The van der Waals surface area contributed by atoms with Gasteiger partial charge in [0, 0.05) is 5.75 Å². The third-order valence-corrected chi connectivity index (χ3v) is 10.5. The maximum atomic E-state index is 2.54. The van der Waals surface area contributed by atoms with Crippen molar-refractivity contribution in [2.45, 2.75) is 5.25 Å². The van der Waals surface area contributed by atoms with Crippen LogP contribution in [-0.4, -0.2) is 19.8 Å². The first-order chi connectivity index (χ1) is 18.3. The van der Waals surface area contributed by atoms with E-state index in [1.807, 2.05) is 11.8 Å². The number of nitrogens with zero attached hydrogens (tertiary/aromatic N) is 2. The molecule has 37 heavy (non-hydrogen) atoms. The summed E-state index contributed by atoms with van der Waals surface area (Å²) in [7, 11) is 0. The number of benzene rings is 5. The van der Waals surface area contributed by atoms with Gasteiger partial charge in [-0.05, 0) is 0 Å². The summed E-state index contributed by atoms with van der Waals surface area (Å²) in [4.78, 5) is 2.32. The van der Waals surface area contributed by atoms with Gasteiger partial charge in [0.05, 0.1) is 0 Å². The minimum atomic E-state index is 0.0826. The van der Waals surface area contributed by atoms with Crippen LogP contribution in [0.5, 0.6) is 0 Å². The van der Waals surface area contributed by atoms with Gasteiger partial charge in [-0.2, -0.15) is 11.8 Å². The third kappa shape index (κ3) is 3.25. The molecule has 2 aromatic heterocycles. The Morgan fingerprint density at radius 1 is 0.622 bits per heavy atom. The molecule has 0 aliphatic carbocycles. The van der Waals surface area contributed by atoms with Crippen molar-refractivity contribution < 1.29 is 21.2 Å². The van der Waals surface area contributed by atoms with Crippen LogP contribution in [0.3, 0.4) is 0 Å². The summed E-state index contributed by atoms with van der Waals surface area (Å²) >= 11 is 2.13. The first kappa shape index (κ1) is 21.8. The van der Waals surface area contributed by atoms with E-state index in [1.165, 1.54) is 69.9 Å². The molecule has 5 aromatic carbocycles. The molecule has 0 amide bonds. The Labute approximate surface area is 230 Å². The van der Waals surface area contributed by atoms with E-state index in [1.54, 1.807) is 0 Å². The molecular formula is C33H24IN2S-. The molecule has 0 spiro atoms. The molecule has 0 bridgehead atoms. The van der Waals surface area contributed by atoms with Gasteiger partial charge in [0.25, 0.3) is 0 Å². The van der Waals surface area contributed by atoms with Crippen LogP contribution >= 0.6 is 11.8 Å². The molecule has 0 saturated carbocycles. The predicted octanol–water partition coefficient (Wildman–Crippen LogP) is 5.56. The predicted molar refractivity (Wildman–Crippen MR) is 155 cm³/mol. The zero-order valence-corrected chi connectivity index (χ0v) is 23.3. The van der Waals surface area contributed by atoms with Gasteiger partial charge < -0.3 is 0 Å². The Balaban J connectivity index is 1.59. The topological polar surface area (TPSA) is 9.86 Å². The Hall–Kier alpha value is -3.22. The standard InChI is InChI=1S/C33H24IN2S/c1-34-21-14-16-23(17-15-21)35-28-13-6-5-10-26(28)31-29(35)19-18-25-24-11-7-12-27(30-20-37-30)32(24)36(33(25)31)22-8-3-2-4-9-22/h2-19,30H,20H2,1H3/q-1. The van der Waals surface area contributed by atoms with Crippen molar-refractivity contribution in [1.82, 2.24) is 9.13 Å². The maximum absolute atomic E-state index is 2.54. The van der Waals surface area contributed by atoms with Crippen molar-refractivity contribution in [3.05, 3.63) is 118 Å². The van der Waals surface area contributed by atoms with Gasteiger partial charge in [0.1, 0.15) is 0 Å². The average Bonchev–Trinajstić information content (AvgIpc) is 3.67. The number of alkyl halides is 1. The molecule has 0 N–H and O–H groups in total. The molecule has 1 unspecified atom stereocenters. The van der Waals surface area contributed by atoms with Gasteiger partial charge in [0.2, 0.25) is 0 Å². The van der Waals surface area contributed by atoms with Gasteiger partial charge >= 0.3 is 208 Å². The number of hydrogen-bond acceptors (Lipinski definition) is 1. The van der Waals surface area contributed by atoms with Crippen LogP contribution in [-0.2, 0) is 0 Å². The van der Waals surface area contributed by atoms with Crippen molar-refractivity contribution in [3.8, 4) is 11.4 Å². The van der Waals surface area contributed by atoms with E-state index in [9.17, 15) is 0 Å². The number of para-hydroxylation sites is 3. The summed E-state index contributed by atoms with van der Waals surface area (Å²) in [5.74, 6) is 1.21. The Morgan fingerprint density at radius 3 is 2.11 bits per heavy atom. The summed E-state index contributed by atoms with van der Waals surface area (Å²) < 4.78 is 6.47. The summed E-state index contributed by atoms with van der Waals surface area (Å²) in [6, 6.07) is 40.6. The molecule has 8 rings (SSSR count). The molecule has 0 radical (unpaired) electrons. The van der Waals surface area contributed by atoms with Crippen molar-refractivity contribution in [3.63, 3.8) is 0 Å². The van der Waals surface area contributed by atoms with Crippen LogP contribution in [0, 0.1) is 3.57 Å². The summed E-state index contributed by atoms with van der Waals surface area (Å²) in [5, 5.41) is 5.89. The number of hydrogen-bond donors (Lipinski definition) is 0. The minimum absolute atomic E-state index is 0.0826. The van der Waals surface area contributed by atoms with E-state index in [-0.39, 0.29) is 21.2 Å². The van der Waals surface area contributed by atoms with Crippen LogP contribution in [0.2, 0.25) is 0 Å². The van der Waals surface area contributed by atoms with Crippen molar-refractivity contribution in [1.29, 1.82) is 0 Å². The fraction of sp³-hybridized carbons (Fsp3) is 0.0909. The van der Waals surface area contributed by atoms with Gasteiger partial charge in [-0.3, -0.25) is 0 Å².